The van der Waals surface area contributed by atoms with Crippen LogP contribution in [0.1, 0.15) is 26.5 Å². The first-order valence-electron chi connectivity index (χ1n) is 8.24. The molecule has 0 atom stereocenters. The third-order valence-electron chi connectivity index (χ3n) is 3.83. The second kappa shape index (κ2) is 8.71. The highest BCUT2D eigenvalue weighted by Gasteiger charge is 2.13. The summed E-state index contributed by atoms with van der Waals surface area (Å²) in [4.78, 5) is 25.0. The Labute approximate surface area is 164 Å². The monoisotopic (exact) mass is 402 g/mol. The summed E-state index contributed by atoms with van der Waals surface area (Å²) in [7, 11) is 0. The van der Waals surface area contributed by atoms with Gasteiger partial charge in [0, 0.05) is 21.8 Å². The zero-order valence-electron chi connectivity index (χ0n) is 14.7. The van der Waals surface area contributed by atoms with Gasteiger partial charge in [0.15, 0.2) is 5.76 Å². The fourth-order valence-electron chi connectivity index (χ4n) is 2.41. The first kappa shape index (κ1) is 19.6. The number of hydrogen-bond acceptors (Lipinski definition) is 4. The molecule has 0 aliphatic heterocycles. The molecule has 0 aliphatic carbocycles. The van der Waals surface area contributed by atoms with Gasteiger partial charge in [0.05, 0.1) is 6.26 Å². The molecule has 3 rings (SSSR count). The number of alkyl halides is 2. The molecule has 0 aliphatic rings. The SMILES string of the molecule is Cc1ccc(C(=O)Nc2ccc(SC(F)F)cc2)cc1NC(=O)c1ccco1. The molecule has 0 bridgehead atoms. The minimum atomic E-state index is -2.50. The predicted molar refractivity (Wildman–Crippen MR) is 104 cm³/mol. The van der Waals surface area contributed by atoms with Crippen molar-refractivity contribution in [2.75, 3.05) is 10.6 Å². The Bertz CT molecular complexity index is 974. The van der Waals surface area contributed by atoms with Crippen molar-refractivity contribution in [3.05, 3.63) is 77.7 Å². The zero-order valence-corrected chi connectivity index (χ0v) is 15.6. The van der Waals surface area contributed by atoms with Gasteiger partial charge in [0.1, 0.15) is 0 Å². The second-order valence-electron chi connectivity index (χ2n) is 5.82. The van der Waals surface area contributed by atoms with E-state index in [0.717, 1.165) is 5.56 Å². The summed E-state index contributed by atoms with van der Waals surface area (Å²) in [5.41, 5.74) is 2.08. The molecule has 0 spiro atoms. The fraction of sp³-hybridized carbons (Fsp3) is 0.100. The Morgan fingerprint density at radius 2 is 1.75 bits per heavy atom. The van der Waals surface area contributed by atoms with Gasteiger partial charge in [-0.15, -0.1) is 0 Å². The molecule has 8 heteroatoms. The molecule has 0 unspecified atom stereocenters. The molecule has 2 aromatic carbocycles. The van der Waals surface area contributed by atoms with Gasteiger partial charge < -0.3 is 15.1 Å². The smallest absolute Gasteiger partial charge is 0.291 e. The number of amides is 2. The average molecular weight is 402 g/mol. The molecular weight excluding hydrogens is 386 g/mol. The van der Waals surface area contributed by atoms with Crippen molar-refractivity contribution in [1.82, 2.24) is 0 Å². The van der Waals surface area contributed by atoms with Crippen LogP contribution in [-0.4, -0.2) is 17.6 Å². The van der Waals surface area contributed by atoms with Crippen LogP contribution in [0.2, 0.25) is 0 Å². The third-order valence-corrected chi connectivity index (χ3v) is 4.55. The number of furan rings is 1. The lowest BCUT2D eigenvalue weighted by atomic mass is 10.1. The van der Waals surface area contributed by atoms with Gasteiger partial charge in [-0.1, -0.05) is 17.8 Å². The molecule has 144 valence electrons. The summed E-state index contributed by atoms with van der Waals surface area (Å²) in [6, 6.07) is 14.2. The predicted octanol–water partition coefficient (Wildman–Crippen LogP) is 5.41. The first-order chi connectivity index (χ1) is 13.4. The van der Waals surface area contributed by atoms with E-state index in [2.05, 4.69) is 10.6 Å². The van der Waals surface area contributed by atoms with E-state index in [-0.39, 0.29) is 11.7 Å². The number of anilines is 2. The molecule has 5 nitrogen and oxygen atoms in total. The van der Waals surface area contributed by atoms with Crippen molar-refractivity contribution >= 4 is 35.0 Å². The number of aryl methyl sites for hydroxylation is 1. The van der Waals surface area contributed by atoms with Crippen molar-refractivity contribution in [3.63, 3.8) is 0 Å². The van der Waals surface area contributed by atoms with Crippen molar-refractivity contribution in [3.8, 4) is 0 Å². The summed E-state index contributed by atoms with van der Waals surface area (Å²) in [6.07, 6.45) is 1.40. The van der Waals surface area contributed by atoms with E-state index in [9.17, 15) is 18.4 Å². The van der Waals surface area contributed by atoms with Crippen LogP contribution in [0.4, 0.5) is 20.2 Å². The van der Waals surface area contributed by atoms with Crippen molar-refractivity contribution in [1.29, 1.82) is 0 Å². The van der Waals surface area contributed by atoms with Crippen LogP contribution in [0.3, 0.4) is 0 Å². The minimum Gasteiger partial charge on any atom is -0.459 e. The Morgan fingerprint density at radius 3 is 2.39 bits per heavy atom. The van der Waals surface area contributed by atoms with E-state index in [1.54, 1.807) is 43.3 Å². The van der Waals surface area contributed by atoms with Crippen molar-refractivity contribution < 1.29 is 22.8 Å². The molecule has 28 heavy (non-hydrogen) atoms. The van der Waals surface area contributed by atoms with Crippen LogP contribution >= 0.6 is 11.8 Å². The topological polar surface area (TPSA) is 71.3 Å². The van der Waals surface area contributed by atoms with Gasteiger partial charge in [0.25, 0.3) is 17.6 Å². The summed E-state index contributed by atoms with van der Waals surface area (Å²) in [5.74, 6) is -3.14. The normalized spacial score (nSPS) is 10.7. The number of carbonyl (C=O) groups is 2. The van der Waals surface area contributed by atoms with E-state index < -0.39 is 11.7 Å². The number of benzene rings is 2. The fourth-order valence-corrected chi connectivity index (χ4v) is 2.91. The standard InChI is InChI=1S/C20H16F2N2O3S/c1-12-4-5-13(11-16(12)24-19(26)17-3-2-10-27-17)18(25)23-14-6-8-15(9-7-14)28-20(21)22/h2-11,20H,1H3,(H,23,25)(H,24,26). The van der Waals surface area contributed by atoms with Crippen molar-refractivity contribution in [2.24, 2.45) is 0 Å². The number of hydrogen-bond donors (Lipinski definition) is 2. The van der Waals surface area contributed by atoms with Gasteiger partial charge in [-0.3, -0.25) is 9.59 Å². The molecule has 1 heterocycles. The average Bonchev–Trinajstić information content (AvgIpc) is 3.19. The lowest BCUT2D eigenvalue weighted by Crippen LogP contribution is -2.15. The number of nitrogens with one attached hydrogen (secondary N) is 2. The molecular formula is C20H16F2N2O3S. The van der Waals surface area contributed by atoms with Crippen LogP contribution in [0.25, 0.3) is 0 Å². The highest BCUT2D eigenvalue weighted by Crippen LogP contribution is 2.26. The minimum absolute atomic E-state index is 0.163. The van der Waals surface area contributed by atoms with Crippen LogP contribution < -0.4 is 10.6 Å². The molecule has 1 aromatic heterocycles. The summed E-state index contributed by atoms with van der Waals surface area (Å²) in [5, 5.41) is 5.41. The number of thioether (sulfide) groups is 1. The number of rotatable bonds is 6. The quantitative estimate of drug-likeness (QED) is 0.541. The molecule has 2 amide bonds. The van der Waals surface area contributed by atoms with Gasteiger partial charge in [-0.2, -0.15) is 8.78 Å². The Morgan fingerprint density at radius 1 is 1.00 bits per heavy atom. The van der Waals surface area contributed by atoms with Crippen LogP contribution in [-0.2, 0) is 0 Å². The summed E-state index contributed by atoms with van der Waals surface area (Å²) in [6.45, 7) is 1.80. The van der Waals surface area contributed by atoms with E-state index in [0.29, 0.717) is 33.6 Å². The van der Waals surface area contributed by atoms with E-state index in [1.807, 2.05) is 0 Å². The molecule has 0 radical (unpaired) electrons. The molecule has 3 aromatic rings. The summed E-state index contributed by atoms with van der Waals surface area (Å²) < 4.78 is 29.8. The molecule has 0 fully saturated rings. The zero-order chi connectivity index (χ0) is 20.1. The van der Waals surface area contributed by atoms with Crippen molar-refractivity contribution in [2.45, 2.75) is 17.6 Å². The molecule has 2 N–H and O–H groups in total. The van der Waals surface area contributed by atoms with E-state index >= 15 is 0 Å². The highest BCUT2D eigenvalue weighted by molar-refractivity contribution is 7.99. The van der Waals surface area contributed by atoms with E-state index in [4.69, 9.17) is 4.42 Å². The van der Waals surface area contributed by atoms with Gasteiger partial charge in [-0.25, -0.2) is 0 Å². The van der Waals surface area contributed by atoms with Crippen LogP contribution in [0.15, 0.2) is 70.2 Å². The number of halogens is 2. The van der Waals surface area contributed by atoms with Crippen LogP contribution in [0, 0.1) is 6.92 Å². The lowest BCUT2D eigenvalue weighted by molar-refractivity contribution is 0.0993. The summed E-state index contributed by atoms with van der Waals surface area (Å²) >= 11 is 0.437. The second-order valence-corrected chi connectivity index (χ2v) is 6.88. The lowest BCUT2D eigenvalue weighted by Gasteiger charge is -2.11. The maximum Gasteiger partial charge on any atom is 0.291 e. The molecule has 0 saturated carbocycles. The largest absolute Gasteiger partial charge is 0.459 e. The van der Waals surface area contributed by atoms with Gasteiger partial charge in [-0.05, 0) is 61.0 Å². The third kappa shape index (κ3) is 4.98. The highest BCUT2D eigenvalue weighted by atomic mass is 32.2. The van der Waals surface area contributed by atoms with Gasteiger partial charge >= 0.3 is 0 Å². The Hall–Kier alpha value is -3.13. The maximum absolute atomic E-state index is 12.5. The van der Waals surface area contributed by atoms with Gasteiger partial charge in [0.2, 0.25) is 0 Å². The van der Waals surface area contributed by atoms with Crippen LogP contribution in [0.5, 0.6) is 0 Å². The Balaban J connectivity index is 1.70. The van der Waals surface area contributed by atoms with E-state index in [1.165, 1.54) is 24.5 Å². The first-order valence-corrected chi connectivity index (χ1v) is 9.12. The molecule has 0 saturated heterocycles. The number of carbonyl (C=O) groups excluding carboxylic acids is 2. The Kier molecular flexibility index (Phi) is 6.10. The maximum atomic E-state index is 12.5.